The lowest BCUT2D eigenvalue weighted by Gasteiger charge is -2.27. The largest absolute Gasteiger partial charge is 0.480 e. The van der Waals surface area contributed by atoms with Gasteiger partial charge in [-0.2, -0.15) is 0 Å². The van der Waals surface area contributed by atoms with E-state index < -0.39 is 5.97 Å². The van der Waals surface area contributed by atoms with Gasteiger partial charge in [0.2, 0.25) is 0 Å². The molecule has 1 saturated carbocycles. The van der Waals surface area contributed by atoms with E-state index in [0.29, 0.717) is 0 Å². The van der Waals surface area contributed by atoms with Crippen LogP contribution in [0.25, 0.3) is 0 Å². The molecule has 0 aromatic rings. The van der Waals surface area contributed by atoms with Crippen LogP contribution in [0.15, 0.2) is 0 Å². The van der Waals surface area contributed by atoms with Crippen molar-refractivity contribution in [2.45, 2.75) is 45.6 Å². The van der Waals surface area contributed by atoms with Gasteiger partial charge in [0.25, 0.3) is 0 Å². The number of hydrogen-bond donors (Lipinski definition) is 1. The summed E-state index contributed by atoms with van der Waals surface area (Å²) in [6.07, 6.45) is 4.29. The fourth-order valence-corrected chi connectivity index (χ4v) is 1.84. The third kappa shape index (κ3) is 3.29. The van der Waals surface area contributed by atoms with Crippen LogP contribution in [-0.2, 0) is 4.79 Å². The molecule has 1 unspecified atom stereocenters. The van der Waals surface area contributed by atoms with Crippen molar-refractivity contribution in [2.75, 3.05) is 13.1 Å². The minimum absolute atomic E-state index is 0.259. The Kier molecular flexibility index (Phi) is 4.39. The summed E-state index contributed by atoms with van der Waals surface area (Å²) < 4.78 is 0. The van der Waals surface area contributed by atoms with Crippen LogP contribution in [0.5, 0.6) is 0 Å². The molecule has 0 heterocycles. The summed E-state index contributed by atoms with van der Waals surface area (Å²) in [5.74, 6) is 0.114. The van der Waals surface area contributed by atoms with Crippen LogP contribution < -0.4 is 0 Å². The Morgan fingerprint density at radius 1 is 1.50 bits per heavy atom. The summed E-state index contributed by atoms with van der Waals surface area (Å²) in [5.41, 5.74) is 0. The lowest BCUT2D eigenvalue weighted by atomic mass is 10.1. The standard InChI is InChI=1S/C11H21NO2/c1-3-5-10(11(13)14)12(4-2)8-9-6-7-9/h9-10H,3-8H2,1-2H3,(H,13,14). The summed E-state index contributed by atoms with van der Waals surface area (Å²) in [5, 5.41) is 9.10. The molecule has 1 N–H and O–H groups in total. The molecule has 82 valence electrons. The van der Waals surface area contributed by atoms with Gasteiger partial charge in [-0.25, -0.2) is 0 Å². The van der Waals surface area contributed by atoms with Crippen molar-refractivity contribution < 1.29 is 9.90 Å². The molecule has 1 fully saturated rings. The Morgan fingerprint density at radius 3 is 2.50 bits per heavy atom. The molecule has 0 aromatic heterocycles. The van der Waals surface area contributed by atoms with Gasteiger partial charge in [-0.05, 0) is 31.7 Å². The van der Waals surface area contributed by atoms with E-state index in [-0.39, 0.29) is 6.04 Å². The maximum Gasteiger partial charge on any atom is 0.320 e. The number of hydrogen-bond acceptors (Lipinski definition) is 2. The van der Waals surface area contributed by atoms with Crippen molar-refractivity contribution in [3.05, 3.63) is 0 Å². The minimum Gasteiger partial charge on any atom is -0.480 e. The van der Waals surface area contributed by atoms with Crippen molar-refractivity contribution in [2.24, 2.45) is 5.92 Å². The third-order valence-corrected chi connectivity index (χ3v) is 2.88. The van der Waals surface area contributed by atoms with E-state index in [0.717, 1.165) is 31.8 Å². The van der Waals surface area contributed by atoms with Gasteiger partial charge in [-0.3, -0.25) is 9.69 Å². The fraction of sp³-hybridized carbons (Fsp3) is 0.909. The molecule has 0 saturated heterocycles. The Balaban J connectivity index is 2.46. The van der Waals surface area contributed by atoms with Gasteiger partial charge in [0.1, 0.15) is 6.04 Å². The summed E-state index contributed by atoms with van der Waals surface area (Å²) in [6, 6.07) is -0.259. The quantitative estimate of drug-likeness (QED) is 0.681. The first-order chi connectivity index (χ1) is 6.69. The lowest BCUT2D eigenvalue weighted by Crippen LogP contribution is -2.42. The second-order valence-electron chi connectivity index (χ2n) is 4.17. The summed E-state index contributed by atoms with van der Waals surface area (Å²) in [7, 11) is 0. The first-order valence-corrected chi connectivity index (χ1v) is 5.65. The Labute approximate surface area is 86.1 Å². The number of carboxylic acids is 1. The van der Waals surface area contributed by atoms with E-state index in [4.69, 9.17) is 5.11 Å². The number of aliphatic carboxylic acids is 1. The number of carbonyl (C=O) groups is 1. The first-order valence-electron chi connectivity index (χ1n) is 5.65. The van der Waals surface area contributed by atoms with Crippen LogP contribution >= 0.6 is 0 Å². The van der Waals surface area contributed by atoms with E-state index in [1.165, 1.54) is 12.8 Å². The molecule has 3 heteroatoms. The highest BCUT2D eigenvalue weighted by Gasteiger charge is 2.29. The van der Waals surface area contributed by atoms with Crippen LogP contribution in [0, 0.1) is 5.92 Å². The molecular formula is C11H21NO2. The van der Waals surface area contributed by atoms with Crippen molar-refractivity contribution in [1.82, 2.24) is 4.90 Å². The van der Waals surface area contributed by atoms with Gasteiger partial charge in [-0.1, -0.05) is 20.3 Å². The molecule has 1 atom stereocenters. The van der Waals surface area contributed by atoms with Crippen LogP contribution in [-0.4, -0.2) is 35.1 Å². The monoisotopic (exact) mass is 199 g/mol. The summed E-state index contributed by atoms with van der Waals surface area (Å²) in [4.78, 5) is 13.2. The minimum atomic E-state index is -0.658. The van der Waals surface area contributed by atoms with Gasteiger partial charge in [0, 0.05) is 6.54 Å². The SMILES string of the molecule is CCCC(C(=O)O)N(CC)CC1CC1. The van der Waals surface area contributed by atoms with E-state index in [9.17, 15) is 4.79 Å². The van der Waals surface area contributed by atoms with Crippen molar-refractivity contribution in [3.63, 3.8) is 0 Å². The second-order valence-corrected chi connectivity index (χ2v) is 4.17. The van der Waals surface area contributed by atoms with E-state index in [1.54, 1.807) is 0 Å². The van der Waals surface area contributed by atoms with Gasteiger partial charge < -0.3 is 5.11 Å². The number of rotatable bonds is 7. The van der Waals surface area contributed by atoms with Gasteiger partial charge in [0.15, 0.2) is 0 Å². The van der Waals surface area contributed by atoms with Crippen molar-refractivity contribution in [3.8, 4) is 0 Å². The highest BCUT2D eigenvalue weighted by atomic mass is 16.4. The van der Waals surface area contributed by atoms with Crippen LogP contribution in [0.3, 0.4) is 0 Å². The van der Waals surface area contributed by atoms with Crippen LogP contribution in [0.2, 0.25) is 0 Å². The molecule has 14 heavy (non-hydrogen) atoms. The number of carboxylic acid groups (broad SMARTS) is 1. The lowest BCUT2D eigenvalue weighted by molar-refractivity contribution is -0.143. The molecule has 3 nitrogen and oxygen atoms in total. The van der Waals surface area contributed by atoms with Gasteiger partial charge >= 0.3 is 5.97 Å². The average Bonchev–Trinajstić information content (AvgIpc) is 2.94. The maximum atomic E-state index is 11.0. The molecule has 0 aliphatic heterocycles. The molecule has 0 spiro atoms. The van der Waals surface area contributed by atoms with Gasteiger partial charge in [0.05, 0.1) is 0 Å². The molecule has 1 rings (SSSR count). The summed E-state index contributed by atoms with van der Waals surface area (Å²) >= 11 is 0. The fourth-order valence-electron chi connectivity index (χ4n) is 1.84. The Hall–Kier alpha value is -0.570. The molecule has 0 aromatic carbocycles. The zero-order chi connectivity index (χ0) is 10.6. The van der Waals surface area contributed by atoms with Gasteiger partial charge in [-0.15, -0.1) is 0 Å². The van der Waals surface area contributed by atoms with E-state index >= 15 is 0 Å². The molecule has 1 aliphatic carbocycles. The zero-order valence-electron chi connectivity index (χ0n) is 9.20. The predicted octanol–water partition coefficient (Wildman–Crippen LogP) is 1.97. The second kappa shape index (κ2) is 5.35. The Morgan fingerprint density at radius 2 is 2.14 bits per heavy atom. The topological polar surface area (TPSA) is 40.5 Å². The van der Waals surface area contributed by atoms with E-state index in [2.05, 4.69) is 4.90 Å². The molecule has 0 amide bonds. The molecular weight excluding hydrogens is 178 g/mol. The third-order valence-electron chi connectivity index (χ3n) is 2.88. The normalized spacial score (nSPS) is 18.5. The van der Waals surface area contributed by atoms with Crippen LogP contribution in [0.1, 0.15) is 39.5 Å². The smallest absolute Gasteiger partial charge is 0.320 e. The first kappa shape index (κ1) is 11.5. The van der Waals surface area contributed by atoms with E-state index in [1.807, 2.05) is 13.8 Å². The molecule has 0 bridgehead atoms. The maximum absolute atomic E-state index is 11.0. The summed E-state index contributed by atoms with van der Waals surface area (Å²) in [6.45, 7) is 5.93. The average molecular weight is 199 g/mol. The highest BCUT2D eigenvalue weighted by molar-refractivity contribution is 5.73. The number of nitrogens with zero attached hydrogens (tertiary/aromatic N) is 1. The van der Waals surface area contributed by atoms with Crippen molar-refractivity contribution >= 4 is 5.97 Å². The predicted molar refractivity (Wildman–Crippen MR) is 56.3 cm³/mol. The van der Waals surface area contributed by atoms with Crippen molar-refractivity contribution in [1.29, 1.82) is 0 Å². The number of likely N-dealkylation sites (N-methyl/N-ethyl adjacent to an activating group) is 1. The zero-order valence-corrected chi connectivity index (χ0v) is 9.20. The van der Waals surface area contributed by atoms with Crippen LogP contribution in [0.4, 0.5) is 0 Å². The highest BCUT2D eigenvalue weighted by Crippen LogP contribution is 2.30. The molecule has 1 aliphatic rings. The molecule has 0 radical (unpaired) electrons. The Bertz CT molecular complexity index is 190.